The Bertz CT molecular complexity index is 3700. The van der Waals surface area contributed by atoms with Crippen LogP contribution in [0.4, 0.5) is 17.1 Å². The van der Waals surface area contributed by atoms with Crippen LogP contribution in [0, 0.1) is 0 Å². The quantitative estimate of drug-likeness (QED) is 0.138. The zero-order valence-corrected chi connectivity index (χ0v) is 35.8. The molecule has 0 bridgehead atoms. The van der Waals surface area contributed by atoms with Crippen molar-refractivity contribution in [3.05, 3.63) is 261 Å². The Labute approximate surface area is 379 Å². The Morgan fingerprint density at radius 2 is 0.538 bits per heavy atom. The van der Waals surface area contributed by atoms with Crippen molar-refractivity contribution in [2.45, 2.75) is 0 Å². The summed E-state index contributed by atoms with van der Waals surface area (Å²) in [5.41, 5.74) is 15.3. The highest BCUT2D eigenvalue weighted by molar-refractivity contribution is 6.10. The van der Waals surface area contributed by atoms with E-state index in [0.29, 0.717) is 0 Å². The van der Waals surface area contributed by atoms with Gasteiger partial charge in [-0.3, -0.25) is 0 Å². The van der Waals surface area contributed by atoms with Crippen LogP contribution in [0.5, 0.6) is 0 Å². The molecule has 0 aliphatic rings. The van der Waals surface area contributed by atoms with Crippen LogP contribution < -0.4 is 4.90 Å². The molecule has 0 atom stereocenters. The Morgan fingerprint density at radius 3 is 1.09 bits per heavy atom. The van der Waals surface area contributed by atoms with Crippen molar-refractivity contribution in [1.29, 1.82) is 0 Å². The van der Waals surface area contributed by atoms with Crippen LogP contribution in [-0.4, -0.2) is 0 Å². The lowest BCUT2D eigenvalue weighted by atomic mass is 9.87. The summed E-state index contributed by atoms with van der Waals surface area (Å²) < 4.78 is 0. The number of hydrogen-bond acceptors (Lipinski definition) is 1. The molecular formula is C64H43N. The van der Waals surface area contributed by atoms with Crippen molar-refractivity contribution < 1.29 is 0 Å². The van der Waals surface area contributed by atoms with E-state index in [1.54, 1.807) is 0 Å². The molecule has 0 spiro atoms. The summed E-state index contributed by atoms with van der Waals surface area (Å²) in [7, 11) is 0. The summed E-state index contributed by atoms with van der Waals surface area (Å²) in [6.45, 7) is 0. The molecule has 0 unspecified atom stereocenters. The van der Waals surface area contributed by atoms with Gasteiger partial charge in [-0.1, -0.05) is 218 Å². The van der Waals surface area contributed by atoms with Crippen molar-refractivity contribution in [3.63, 3.8) is 0 Å². The summed E-state index contributed by atoms with van der Waals surface area (Å²) >= 11 is 0. The first-order chi connectivity index (χ1) is 32.2. The molecule has 0 amide bonds. The third-order valence-electron chi connectivity index (χ3n) is 13.1. The van der Waals surface area contributed by atoms with E-state index in [2.05, 4.69) is 266 Å². The van der Waals surface area contributed by atoms with Crippen LogP contribution >= 0.6 is 0 Å². The second kappa shape index (κ2) is 16.3. The molecule has 0 aliphatic heterocycles. The van der Waals surface area contributed by atoms with Crippen molar-refractivity contribution in [2.75, 3.05) is 4.90 Å². The summed E-state index contributed by atoms with van der Waals surface area (Å²) in [6.07, 6.45) is 0. The molecule has 0 fully saturated rings. The zero-order chi connectivity index (χ0) is 43.1. The minimum absolute atomic E-state index is 1.09. The number of nitrogens with zero attached hydrogens (tertiary/aromatic N) is 1. The van der Waals surface area contributed by atoms with Gasteiger partial charge in [-0.05, 0) is 141 Å². The fraction of sp³-hybridized carbons (Fsp3) is 0. The summed E-state index contributed by atoms with van der Waals surface area (Å²) in [5, 5.41) is 10.1. The Balaban J connectivity index is 0.939. The van der Waals surface area contributed by atoms with Gasteiger partial charge in [0, 0.05) is 17.1 Å². The van der Waals surface area contributed by atoms with Gasteiger partial charge in [0.2, 0.25) is 0 Å². The molecule has 0 N–H and O–H groups in total. The van der Waals surface area contributed by atoms with Crippen LogP contribution in [0.15, 0.2) is 261 Å². The van der Waals surface area contributed by atoms with Crippen molar-refractivity contribution >= 4 is 60.2 Å². The van der Waals surface area contributed by atoms with E-state index in [1.165, 1.54) is 98.7 Å². The van der Waals surface area contributed by atoms with E-state index in [-0.39, 0.29) is 0 Å². The number of benzene rings is 12. The van der Waals surface area contributed by atoms with E-state index >= 15 is 0 Å². The predicted octanol–water partition coefficient (Wildman–Crippen LogP) is 18.1. The highest BCUT2D eigenvalue weighted by Gasteiger charge is 2.18. The lowest BCUT2D eigenvalue weighted by molar-refractivity contribution is 1.29. The molecule has 0 heterocycles. The van der Waals surface area contributed by atoms with E-state index in [0.717, 1.165) is 17.1 Å². The molecule has 0 aromatic heterocycles. The predicted molar refractivity (Wildman–Crippen MR) is 278 cm³/mol. The molecule has 0 saturated carbocycles. The lowest BCUT2D eigenvalue weighted by Gasteiger charge is -2.26. The van der Waals surface area contributed by atoms with E-state index in [1.807, 2.05) is 0 Å². The molecule has 304 valence electrons. The van der Waals surface area contributed by atoms with Gasteiger partial charge in [0.25, 0.3) is 0 Å². The lowest BCUT2D eigenvalue weighted by Crippen LogP contribution is -2.09. The van der Waals surface area contributed by atoms with Crippen LogP contribution in [0.25, 0.3) is 98.7 Å². The first-order valence-electron chi connectivity index (χ1n) is 22.4. The molecule has 0 saturated heterocycles. The van der Waals surface area contributed by atoms with E-state index in [9.17, 15) is 0 Å². The average Bonchev–Trinajstić information content (AvgIpc) is 3.39. The number of anilines is 3. The third kappa shape index (κ3) is 7.01. The van der Waals surface area contributed by atoms with Crippen LogP contribution in [0.3, 0.4) is 0 Å². The van der Waals surface area contributed by atoms with Crippen molar-refractivity contribution in [1.82, 2.24) is 0 Å². The maximum atomic E-state index is 2.39. The first-order valence-corrected chi connectivity index (χ1v) is 22.4. The van der Waals surface area contributed by atoms with Crippen LogP contribution in [0.2, 0.25) is 0 Å². The van der Waals surface area contributed by atoms with Gasteiger partial charge in [-0.2, -0.15) is 0 Å². The molecule has 1 nitrogen and oxygen atoms in total. The molecule has 12 aromatic rings. The van der Waals surface area contributed by atoms with Gasteiger partial charge in [-0.25, -0.2) is 0 Å². The highest BCUT2D eigenvalue weighted by atomic mass is 15.1. The smallest absolute Gasteiger partial charge is 0.0468 e. The summed E-state index contributed by atoms with van der Waals surface area (Å²) in [6, 6.07) is 95.2. The van der Waals surface area contributed by atoms with Gasteiger partial charge in [0.15, 0.2) is 0 Å². The highest BCUT2D eigenvalue weighted by Crippen LogP contribution is 2.43. The topological polar surface area (TPSA) is 3.24 Å². The maximum absolute atomic E-state index is 2.39. The van der Waals surface area contributed by atoms with Gasteiger partial charge in [0.1, 0.15) is 0 Å². The molecule has 0 aliphatic carbocycles. The fourth-order valence-electron chi connectivity index (χ4n) is 9.88. The van der Waals surface area contributed by atoms with Gasteiger partial charge < -0.3 is 4.90 Å². The average molecular weight is 826 g/mol. The summed E-state index contributed by atoms with van der Waals surface area (Å²) in [5.74, 6) is 0. The Kier molecular flexibility index (Phi) is 9.58. The minimum Gasteiger partial charge on any atom is -0.310 e. The van der Waals surface area contributed by atoms with Gasteiger partial charge >= 0.3 is 0 Å². The Hall–Kier alpha value is -8.52. The van der Waals surface area contributed by atoms with E-state index in [4.69, 9.17) is 0 Å². The fourth-order valence-corrected chi connectivity index (χ4v) is 9.88. The third-order valence-corrected chi connectivity index (χ3v) is 13.1. The normalized spacial score (nSPS) is 11.4. The zero-order valence-electron chi connectivity index (χ0n) is 35.8. The molecule has 65 heavy (non-hydrogen) atoms. The number of rotatable bonds is 8. The molecule has 1 heteroatoms. The minimum atomic E-state index is 1.09. The Morgan fingerprint density at radius 1 is 0.185 bits per heavy atom. The van der Waals surface area contributed by atoms with Gasteiger partial charge in [0.05, 0.1) is 0 Å². The van der Waals surface area contributed by atoms with Crippen molar-refractivity contribution in [2.24, 2.45) is 0 Å². The van der Waals surface area contributed by atoms with Gasteiger partial charge in [-0.15, -0.1) is 0 Å². The van der Waals surface area contributed by atoms with Crippen molar-refractivity contribution in [3.8, 4) is 55.6 Å². The molecule has 12 rings (SSSR count). The first kappa shape index (κ1) is 38.2. The largest absolute Gasteiger partial charge is 0.310 e. The molecule has 0 radical (unpaired) electrons. The van der Waals surface area contributed by atoms with E-state index < -0.39 is 0 Å². The molecule has 12 aromatic carbocycles. The SMILES string of the molecule is c1ccc(-c2ccccc2-c2ccccc2-c2ccccc2-c2ccc(N(c3ccc(-c4ccc5c(ccc6ccccc65)c4)cc3)c3ccc4c(ccc5ccccc54)c3)cc2)cc1. The second-order valence-corrected chi connectivity index (χ2v) is 16.8. The standard InChI is InChI=1S/C64H43N/c1-2-14-45(15-3-1)57-20-8-10-22-61(57)63-24-12-13-25-64(63)62-23-11-9-21-58(62)48-32-37-53(38-33-48)65(54-39-41-60-51(43-54)29-27-47-17-5-7-19-56(47)60)52-35-30-44(31-36-52)49-34-40-59-50(42-49)28-26-46-16-4-6-18-55(46)59/h1-43H. The second-order valence-electron chi connectivity index (χ2n) is 16.8. The number of fused-ring (bicyclic) bond motifs is 6. The molecular weight excluding hydrogens is 783 g/mol. The van der Waals surface area contributed by atoms with Crippen LogP contribution in [0.1, 0.15) is 0 Å². The summed E-state index contributed by atoms with van der Waals surface area (Å²) in [4.78, 5) is 2.39. The maximum Gasteiger partial charge on any atom is 0.0468 e. The van der Waals surface area contributed by atoms with Crippen LogP contribution in [-0.2, 0) is 0 Å². The monoisotopic (exact) mass is 825 g/mol. The number of hydrogen-bond donors (Lipinski definition) is 0.